The van der Waals surface area contributed by atoms with Crippen molar-refractivity contribution in [1.29, 1.82) is 0 Å². The monoisotopic (exact) mass is 235 g/mol. The van der Waals surface area contributed by atoms with Crippen LogP contribution in [0.2, 0.25) is 0 Å². The highest BCUT2D eigenvalue weighted by Crippen LogP contribution is 2.13. The Hall–Kier alpha value is -1.84. The number of amides is 1. The summed E-state index contributed by atoms with van der Waals surface area (Å²) < 4.78 is 0. The zero-order valence-corrected chi connectivity index (χ0v) is 10.3. The van der Waals surface area contributed by atoms with Gasteiger partial charge in [-0.15, -0.1) is 0 Å². The molecule has 0 saturated heterocycles. The van der Waals surface area contributed by atoms with Gasteiger partial charge in [-0.3, -0.25) is 4.79 Å². The zero-order valence-electron chi connectivity index (χ0n) is 10.3. The highest BCUT2D eigenvalue weighted by molar-refractivity contribution is 5.98. The van der Waals surface area contributed by atoms with Gasteiger partial charge in [0.2, 0.25) is 0 Å². The molecule has 0 spiro atoms. The van der Waals surface area contributed by atoms with Crippen LogP contribution >= 0.6 is 0 Å². The van der Waals surface area contributed by atoms with Crippen LogP contribution in [0.25, 0.3) is 0 Å². The summed E-state index contributed by atoms with van der Waals surface area (Å²) in [6, 6.07) is 7.09. The molecule has 4 heteroatoms. The molecule has 4 nitrogen and oxygen atoms in total. The number of hydrogen-bond donors (Lipinski definition) is 2. The van der Waals surface area contributed by atoms with E-state index in [2.05, 4.69) is 5.32 Å². The molecule has 0 aromatic heterocycles. The molecule has 0 heterocycles. The molecular formula is C13H17NO3. The molecule has 0 radical (unpaired) electrons. The van der Waals surface area contributed by atoms with Crippen molar-refractivity contribution in [3.63, 3.8) is 0 Å². The van der Waals surface area contributed by atoms with E-state index in [4.69, 9.17) is 5.11 Å². The van der Waals surface area contributed by atoms with Gasteiger partial charge < -0.3 is 10.4 Å². The van der Waals surface area contributed by atoms with Crippen molar-refractivity contribution in [2.45, 2.75) is 32.7 Å². The summed E-state index contributed by atoms with van der Waals surface area (Å²) in [7, 11) is 0. The maximum Gasteiger partial charge on any atom is 0.329 e. The average molecular weight is 235 g/mol. The maximum absolute atomic E-state index is 12.0. The number of benzene rings is 1. The average Bonchev–Trinajstić information content (AvgIpc) is 2.29. The van der Waals surface area contributed by atoms with Crippen LogP contribution in [-0.4, -0.2) is 22.5 Å². The lowest BCUT2D eigenvalue weighted by Gasteiger charge is -2.24. The van der Waals surface area contributed by atoms with Crippen LogP contribution in [0.4, 0.5) is 0 Å². The fourth-order valence-electron chi connectivity index (χ4n) is 1.44. The summed E-state index contributed by atoms with van der Waals surface area (Å²) >= 11 is 0. The number of rotatable bonds is 4. The van der Waals surface area contributed by atoms with Gasteiger partial charge in [-0.05, 0) is 31.9 Å². The predicted molar refractivity (Wildman–Crippen MR) is 65.0 cm³/mol. The van der Waals surface area contributed by atoms with Crippen molar-refractivity contribution in [3.05, 3.63) is 35.4 Å². The van der Waals surface area contributed by atoms with Crippen molar-refractivity contribution in [1.82, 2.24) is 5.32 Å². The number of carbonyl (C=O) groups excluding carboxylic acids is 1. The van der Waals surface area contributed by atoms with Gasteiger partial charge in [0.1, 0.15) is 5.54 Å². The fraction of sp³-hybridized carbons (Fsp3) is 0.385. The highest BCUT2D eigenvalue weighted by Gasteiger charge is 2.33. The van der Waals surface area contributed by atoms with E-state index in [0.29, 0.717) is 12.0 Å². The minimum absolute atomic E-state index is 0.333. The Kier molecular flexibility index (Phi) is 3.89. The first-order chi connectivity index (χ1) is 7.90. The molecule has 1 aromatic rings. The molecule has 2 N–H and O–H groups in total. The van der Waals surface area contributed by atoms with Gasteiger partial charge in [0.15, 0.2) is 0 Å². The minimum Gasteiger partial charge on any atom is -0.480 e. The van der Waals surface area contributed by atoms with Crippen molar-refractivity contribution in [3.8, 4) is 0 Å². The van der Waals surface area contributed by atoms with E-state index in [1.807, 2.05) is 19.1 Å². The topological polar surface area (TPSA) is 66.4 Å². The second kappa shape index (κ2) is 4.99. The van der Waals surface area contributed by atoms with Gasteiger partial charge in [-0.1, -0.05) is 25.1 Å². The van der Waals surface area contributed by atoms with E-state index < -0.39 is 11.5 Å². The minimum atomic E-state index is -1.22. The standard InChI is InChI=1S/C13H17NO3/c1-4-13(3,12(16)17)14-11(15)10-8-6-5-7-9(10)2/h5-8H,4H2,1-3H3,(H,14,15)(H,16,17). The van der Waals surface area contributed by atoms with Gasteiger partial charge in [0.25, 0.3) is 5.91 Å². The lowest BCUT2D eigenvalue weighted by Crippen LogP contribution is -2.51. The van der Waals surface area contributed by atoms with Crippen LogP contribution in [0.15, 0.2) is 24.3 Å². The van der Waals surface area contributed by atoms with Gasteiger partial charge in [-0.25, -0.2) is 4.79 Å². The Morgan fingerprint density at radius 1 is 1.35 bits per heavy atom. The van der Waals surface area contributed by atoms with Crippen LogP contribution < -0.4 is 5.32 Å². The number of carboxylic acids is 1. The first kappa shape index (κ1) is 13.2. The summed E-state index contributed by atoms with van der Waals surface area (Å²) in [6.07, 6.45) is 0.333. The molecule has 1 aromatic carbocycles. The van der Waals surface area contributed by atoms with E-state index >= 15 is 0 Å². The molecule has 17 heavy (non-hydrogen) atoms. The number of carbonyl (C=O) groups is 2. The Labute approximate surface area is 101 Å². The summed E-state index contributed by atoms with van der Waals surface area (Å²) in [5, 5.41) is 11.6. The molecule has 0 aliphatic carbocycles. The second-order valence-electron chi connectivity index (χ2n) is 4.26. The van der Waals surface area contributed by atoms with Crippen molar-refractivity contribution >= 4 is 11.9 Å². The first-order valence-electron chi connectivity index (χ1n) is 5.52. The van der Waals surface area contributed by atoms with E-state index in [0.717, 1.165) is 5.56 Å². The number of nitrogens with one attached hydrogen (secondary N) is 1. The smallest absolute Gasteiger partial charge is 0.329 e. The SMILES string of the molecule is CCC(C)(NC(=O)c1ccccc1C)C(=O)O. The molecule has 1 amide bonds. The van der Waals surface area contributed by atoms with Gasteiger partial charge >= 0.3 is 5.97 Å². The summed E-state index contributed by atoms with van der Waals surface area (Å²) in [5.74, 6) is -1.38. The van der Waals surface area contributed by atoms with Crippen LogP contribution in [0.3, 0.4) is 0 Å². The van der Waals surface area contributed by atoms with Gasteiger partial charge in [0.05, 0.1) is 0 Å². The third-order valence-corrected chi connectivity index (χ3v) is 2.96. The van der Waals surface area contributed by atoms with E-state index in [9.17, 15) is 9.59 Å². The lowest BCUT2D eigenvalue weighted by molar-refractivity contribution is -0.143. The molecule has 0 aliphatic rings. The number of aliphatic carboxylic acids is 1. The van der Waals surface area contributed by atoms with Crippen molar-refractivity contribution in [2.75, 3.05) is 0 Å². The number of aryl methyl sites for hydroxylation is 1. The largest absolute Gasteiger partial charge is 0.480 e. The molecule has 0 bridgehead atoms. The second-order valence-corrected chi connectivity index (χ2v) is 4.26. The van der Waals surface area contributed by atoms with E-state index in [-0.39, 0.29) is 5.91 Å². The summed E-state index contributed by atoms with van der Waals surface area (Å²) in [4.78, 5) is 23.1. The highest BCUT2D eigenvalue weighted by atomic mass is 16.4. The Bertz CT molecular complexity index is 442. The normalized spacial score (nSPS) is 13.8. The molecular weight excluding hydrogens is 218 g/mol. The van der Waals surface area contributed by atoms with Crippen LogP contribution in [-0.2, 0) is 4.79 Å². The number of carboxylic acid groups (broad SMARTS) is 1. The number of hydrogen-bond acceptors (Lipinski definition) is 2. The fourth-order valence-corrected chi connectivity index (χ4v) is 1.44. The molecule has 1 rings (SSSR count). The predicted octanol–water partition coefficient (Wildman–Crippen LogP) is 1.98. The quantitative estimate of drug-likeness (QED) is 0.838. The van der Waals surface area contributed by atoms with Crippen LogP contribution in [0.1, 0.15) is 36.2 Å². The Morgan fingerprint density at radius 3 is 2.41 bits per heavy atom. The Morgan fingerprint density at radius 2 is 1.94 bits per heavy atom. The first-order valence-corrected chi connectivity index (χ1v) is 5.52. The van der Waals surface area contributed by atoms with E-state index in [1.54, 1.807) is 19.1 Å². The van der Waals surface area contributed by atoms with Crippen molar-refractivity contribution in [2.24, 2.45) is 0 Å². The molecule has 1 unspecified atom stereocenters. The maximum atomic E-state index is 12.0. The van der Waals surface area contributed by atoms with Crippen molar-refractivity contribution < 1.29 is 14.7 Å². The summed E-state index contributed by atoms with van der Waals surface area (Å²) in [6.45, 7) is 5.05. The molecule has 0 saturated carbocycles. The van der Waals surface area contributed by atoms with Crippen LogP contribution in [0.5, 0.6) is 0 Å². The van der Waals surface area contributed by atoms with E-state index in [1.165, 1.54) is 6.92 Å². The molecule has 0 aliphatic heterocycles. The lowest BCUT2D eigenvalue weighted by atomic mass is 9.98. The molecule has 1 atom stereocenters. The summed E-state index contributed by atoms with van der Waals surface area (Å²) in [5.41, 5.74) is 0.113. The third kappa shape index (κ3) is 2.84. The molecule has 92 valence electrons. The third-order valence-electron chi connectivity index (χ3n) is 2.96. The van der Waals surface area contributed by atoms with Gasteiger partial charge in [-0.2, -0.15) is 0 Å². The molecule has 0 fully saturated rings. The van der Waals surface area contributed by atoms with Crippen LogP contribution in [0, 0.1) is 6.92 Å². The van der Waals surface area contributed by atoms with Gasteiger partial charge in [0, 0.05) is 5.56 Å². The zero-order chi connectivity index (χ0) is 13.1. The Balaban J connectivity index is 2.93.